The fraction of sp³-hybridized carbons (Fsp3) is 1.00. The van der Waals surface area contributed by atoms with Crippen molar-refractivity contribution in [3.05, 3.63) is 0 Å². The van der Waals surface area contributed by atoms with E-state index in [1.165, 1.54) is 52.0 Å². The van der Waals surface area contributed by atoms with Gasteiger partial charge in [-0.3, -0.25) is 4.90 Å². The Morgan fingerprint density at radius 3 is 2.47 bits per heavy atom. The maximum absolute atomic E-state index is 3.67. The first-order chi connectivity index (χ1) is 7.27. The van der Waals surface area contributed by atoms with Crippen LogP contribution in [0.25, 0.3) is 0 Å². The quantitative estimate of drug-likeness (QED) is 0.728. The topological polar surface area (TPSA) is 18.5 Å². The van der Waals surface area contributed by atoms with Gasteiger partial charge in [0.15, 0.2) is 0 Å². The van der Waals surface area contributed by atoms with E-state index in [0.29, 0.717) is 0 Å². The molecule has 2 rings (SSSR count). The summed E-state index contributed by atoms with van der Waals surface area (Å²) >= 11 is 0. The van der Waals surface area contributed by atoms with Crippen molar-refractivity contribution in [3.8, 4) is 0 Å². The van der Waals surface area contributed by atoms with Gasteiger partial charge in [-0.15, -0.1) is 0 Å². The molecule has 0 aromatic heterocycles. The molecule has 0 saturated carbocycles. The van der Waals surface area contributed by atoms with Crippen LogP contribution >= 0.6 is 0 Å². The highest BCUT2D eigenvalue weighted by Crippen LogP contribution is 2.16. The molecule has 15 heavy (non-hydrogen) atoms. The van der Waals surface area contributed by atoms with E-state index in [2.05, 4.69) is 29.1 Å². The number of nitrogens with one attached hydrogen (secondary N) is 1. The monoisotopic (exact) mass is 211 g/mol. The van der Waals surface area contributed by atoms with Gasteiger partial charge in [0.1, 0.15) is 0 Å². The Labute approximate surface area is 93.8 Å². The summed E-state index contributed by atoms with van der Waals surface area (Å²) in [5, 5.41) is 3.67. The zero-order valence-electron chi connectivity index (χ0n) is 10.2. The van der Waals surface area contributed by atoms with Gasteiger partial charge in [-0.25, -0.2) is 0 Å². The summed E-state index contributed by atoms with van der Waals surface area (Å²) in [5.74, 6) is 0. The second-order valence-electron chi connectivity index (χ2n) is 5.14. The maximum atomic E-state index is 3.67. The number of rotatable bonds is 2. The average Bonchev–Trinajstić information content (AvgIpc) is 2.30. The van der Waals surface area contributed by atoms with Crippen LogP contribution in [0.4, 0.5) is 0 Å². The zero-order valence-corrected chi connectivity index (χ0v) is 10.2. The first-order valence-electron chi connectivity index (χ1n) is 6.43. The lowest BCUT2D eigenvalue weighted by Gasteiger charge is -2.41. The van der Waals surface area contributed by atoms with Gasteiger partial charge >= 0.3 is 0 Å². The van der Waals surface area contributed by atoms with Gasteiger partial charge in [0.2, 0.25) is 0 Å². The van der Waals surface area contributed by atoms with Crippen molar-refractivity contribution in [2.45, 2.75) is 38.3 Å². The number of piperidine rings is 1. The van der Waals surface area contributed by atoms with Crippen molar-refractivity contribution < 1.29 is 0 Å². The van der Waals surface area contributed by atoms with Gasteiger partial charge < -0.3 is 10.2 Å². The SMILES string of the molecule is CC(C1CCCCN1)N1CCN(C)CC1. The molecule has 0 bridgehead atoms. The molecule has 2 atom stereocenters. The molecule has 3 heteroatoms. The molecule has 0 aromatic carbocycles. The van der Waals surface area contributed by atoms with Crippen LogP contribution in [-0.2, 0) is 0 Å². The minimum atomic E-state index is 0.721. The number of nitrogens with zero attached hydrogens (tertiary/aromatic N) is 2. The third-order valence-electron chi connectivity index (χ3n) is 4.04. The number of piperazine rings is 1. The third-order valence-corrected chi connectivity index (χ3v) is 4.04. The molecule has 2 unspecified atom stereocenters. The Kier molecular flexibility index (Phi) is 4.00. The molecule has 0 aromatic rings. The molecule has 2 aliphatic rings. The number of likely N-dealkylation sites (N-methyl/N-ethyl adjacent to an activating group) is 1. The lowest BCUT2D eigenvalue weighted by Crippen LogP contribution is -2.55. The van der Waals surface area contributed by atoms with E-state index in [9.17, 15) is 0 Å². The van der Waals surface area contributed by atoms with E-state index in [-0.39, 0.29) is 0 Å². The molecule has 1 N–H and O–H groups in total. The molecule has 2 saturated heterocycles. The summed E-state index contributed by atoms with van der Waals surface area (Å²) in [6.07, 6.45) is 4.15. The standard InChI is InChI=1S/C12H25N3/c1-11(12-5-3-4-6-13-12)15-9-7-14(2)8-10-15/h11-13H,3-10H2,1-2H3. The van der Waals surface area contributed by atoms with E-state index >= 15 is 0 Å². The molecule has 0 radical (unpaired) electrons. The maximum Gasteiger partial charge on any atom is 0.0222 e. The molecule has 2 aliphatic heterocycles. The van der Waals surface area contributed by atoms with Gasteiger partial charge in [0, 0.05) is 38.3 Å². The Morgan fingerprint density at radius 1 is 1.13 bits per heavy atom. The third kappa shape index (κ3) is 2.92. The molecule has 0 amide bonds. The second-order valence-corrected chi connectivity index (χ2v) is 5.14. The predicted octanol–water partition coefficient (Wildman–Crippen LogP) is 0.764. The Bertz CT molecular complexity index is 181. The van der Waals surface area contributed by atoms with Crippen LogP contribution in [0.5, 0.6) is 0 Å². The highest BCUT2D eigenvalue weighted by molar-refractivity contribution is 4.86. The fourth-order valence-electron chi connectivity index (χ4n) is 2.77. The molecular weight excluding hydrogens is 186 g/mol. The summed E-state index contributed by atoms with van der Waals surface area (Å²) in [4.78, 5) is 5.08. The highest BCUT2D eigenvalue weighted by atomic mass is 15.3. The average molecular weight is 211 g/mol. The van der Waals surface area contributed by atoms with Crippen molar-refractivity contribution in [2.24, 2.45) is 0 Å². The molecule has 88 valence electrons. The molecular formula is C12H25N3. The van der Waals surface area contributed by atoms with Crippen molar-refractivity contribution in [2.75, 3.05) is 39.8 Å². The van der Waals surface area contributed by atoms with E-state index in [1.54, 1.807) is 0 Å². The van der Waals surface area contributed by atoms with Crippen molar-refractivity contribution in [1.82, 2.24) is 15.1 Å². The fourth-order valence-corrected chi connectivity index (χ4v) is 2.77. The molecule has 0 spiro atoms. The zero-order chi connectivity index (χ0) is 10.7. The van der Waals surface area contributed by atoms with Crippen LogP contribution in [0.1, 0.15) is 26.2 Å². The lowest BCUT2D eigenvalue weighted by atomic mass is 9.97. The van der Waals surface area contributed by atoms with Gasteiger partial charge in [-0.2, -0.15) is 0 Å². The summed E-state index contributed by atoms with van der Waals surface area (Å²) in [7, 11) is 2.22. The second kappa shape index (κ2) is 5.28. The van der Waals surface area contributed by atoms with Crippen LogP contribution in [-0.4, -0.2) is 61.7 Å². The van der Waals surface area contributed by atoms with Crippen LogP contribution < -0.4 is 5.32 Å². The van der Waals surface area contributed by atoms with Crippen LogP contribution in [0, 0.1) is 0 Å². The van der Waals surface area contributed by atoms with E-state index < -0.39 is 0 Å². The largest absolute Gasteiger partial charge is 0.312 e. The summed E-state index contributed by atoms with van der Waals surface area (Å²) in [6, 6.07) is 1.46. The Hall–Kier alpha value is -0.120. The van der Waals surface area contributed by atoms with E-state index in [1.807, 2.05) is 0 Å². The minimum absolute atomic E-state index is 0.721. The summed E-state index contributed by atoms with van der Waals surface area (Å²) in [6.45, 7) is 8.58. The molecule has 0 aliphatic carbocycles. The smallest absolute Gasteiger partial charge is 0.0222 e. The lowest BCUT2D eigenvalue weighted by molar-refractivity contribution is 0.0924. The van der Waals surface area contributed by atoms with Crippen LogP contribution in [0.15, 0.2) is 0 Å². The van der Waals surface area contributed by atoms with Gasteiger partial charge in [0.25, 0.3) is 0 Å². The Balaban J connectivity index is 1.81. The van der Waals surface area contributed by atoms with E-state index in [4.69, 9.17) is 0 Å². The van der Waals surface area contributed by atoms with Crippen molar-refractivity contribution >= 4 is 0 Å². The highest BCUT2D eigenvalue weighted by Gasteiger charge is 2.26. The van der Waals surface area contributed by atoms with Crippen molar-refractivity contribution in [3.63, 3.8) is 0 Å². The first kappa shape index (κ1) is 11.4. The summed E-state index contributed by atoms with van der Waals surface area (Å²) < 4.78 is 0. The predicted molar refractivity (Wildman–Crippen MR) is 64.2 cm³/mol. The van der Waals surface area contributed by atoms with E-state index in [0.717, 1.165) is 12.1 Å². The molecule has 2 heterocycles. The normalized spacial score (nSPS) is 32.8. The van der Waals surface area contributed by atoms with Crippen molar-refractivity contribution in [1.29, 1.82) is 0 Å². The number of hydrogen-bond acceptors (Lipinski definition) is 3. The summed E-state index contributed by atoms with van der Waals surface area (Å²) in [5.41, 5.74) is 0. The van der Waals surface area contributed by atoms with Crippen LogP contribution in [0.2, 0.25) is 0 Å². The molecule has 2 fully saturated rings. The first-order valence-corrected chi connectivity index (χ1v) is 6.43. The Morgan fingerprint density at radius 2 is 1.87 bits per heavy atom. The van der Waals surface area contributed by atoms with Crippen LogP contribution in [0.3, 0.4) is 0 Å². The van der Waals surface area contributed by atoms with Gasteiger partial charge in [-0.1, -0.05) is 6.42 Å². The molecule has 3 nitrogen and oxygen atoms in total. The van der Waals surface area contributed by atoms with Gasteiger partial charge in [0.05, 0.1) is 0 Å². The minimum Gasteiger partial charge on any atom is -0.312 e. The number of hydrogen-bond donors (Lipinski definition) is 1. The van der Waals surface area contributed by atoms with Gasteiger partial charge in [-0.05, 0) is 33.4 Å².